The molecule has 0 unspecified atom stereocenters. The van der Waals surface area contributed by atoms with Crippen LogP contribution in [0.3, 0.4) is 0 Å². The molecule has 0 N–H and O–H groups in total. The molecule has 1 heterocycles. The molecule has 1 fully saturated rings. The van der Waals surface area contributed by atoms with E-state index in [4.69, 9.17) is 9.47 Å². The predicted octanol–water partition coefficient (Wildman–Crippen LogP) is 4.55. The van der Waals surface area contributed by atoms with E-state index in [1.807, 2.05) is 0 Å². The van der Waals surface area contributed by atoms with Gasteiger partial charge in [-0.25, -0.2) is 0 Å². The van der Waals surface area contributed by atoms with Gasteiger partial charge in [0.1, 0.15) is 5.75 Å². The Hall–Kier alpha value is -1.98. The van der Waals surface area contributed by atoms with Crippen molar-refractivity contribution >= 4 is 11.4 Å². The predicted molar refractivity (Wildman–Crippen MR) is 95.3 cm³/mol. The average Bonchev–Trinajstić information content (AvgIpc) is 3.10. The largest absolute Gasteiger partial charge is 0.491 e. The van der Waals surface area contributed by atoms with Gasteiger partial charge in [-0.2, -0.15) is 0 Å². The number of unbranched alkanes of at least 4 members (excludes halogenated alkanes) is 2. The van der Waals surface area contributed by atoms with Crippen molar-refractivity contribution in [3.63, 3.8) is 0 Å². The number of benzene rings is 1. The third kappa shape index (κ3) is 4.76. The smallest absolute Gasteiger partial charge is 0.314 e. The fraction of sp³-hybridized carbons (Fsp3) is 0.667. The Balaban J connectivity index is 2.31. The van der Waals surface area contributed by atoms with Gasteiger partial charge in [0.15, 0.2) is 5.75 Å². The summed E-state index contributed by atoms with van der Waals surface area (Å²) < 4.78 is 11.6. The third-order valence-corrected chi connectivity index (χ3v) is 4.19. The zero-order valence-corrected chi connectivity index (χ0v) is 14.8. The van der Waals surface area contributed by atoms with E-state index in [2.05, 4.69) is 18.7 Å². The molecular formula is C18H28N2O4. The molecule has 0 saturated carbocycles. The normalized spacial score (nSPS) is 14.0. The number of anilines is 1. The van der Waals surface area contributed by atoms with Gasteiger partial charge >= 0.3 is 5.69 Å². The van der Waals surface area contributed by atoms with Crippen LogP contribution in [0.1, 0.15) is 52.4 Å². The van der Waals surface area contributed by atoms with Crippen molar-refractivity contribution in [2.24, 2.45) is 0 Å². The summed E-state index contributed by atoms with van der Waals surface area (Å²) in [5.41, 5.74) is 0.904. The van der Waals surface area contributed by atoms with E-state index in [0.29, 0.717) is 24.7 Å². The number of nitro groups is 1. The summed E-state index contributed by atoms with van der Waals surface area (Å²) in [5, 5.41) is 11.4. The Kier molecular flexibility index (Phi) is 7.15. The summed E-state index contributed by atoms with van der Waals surface area (Å²) in [4.78, 5) is 13.3. The van der Waals surface area contributed by atoms with Gasteiger partial charge in [-0.1, -0.05) is 26.7 Å². The second-order valence-electron chi connectivity index (χ2n) is 6.14. The number of ether oxygens (including phenoxy) is 2. The minimum Gasteiger partial charge on any atom is -0.491 e. The van der Waals surface area contributed by atoms with E-state index in [1.165, 1.54) is 6.07 Å². The number of rotatable bonds is 10. The van der Waals surface area contributed by atoms with Gasteiger partial charge < -0.3 is 14.4 Å². The standard InChI is InChI=1S/C18H28N2O4/c1-3-5-11-23-17-14-16(20(21)22)18(24-12-6-4-2)13-15(17)19-9-7-8-10-19/h13-14H,3-12H2,1-2H3. The molecule has 24 heavy (non-hydrogen) atoms. The van der Waals surface area contributed by atoms with Crippen LogP contribution in [0.4, 0.5) is 11.4 Å². The van der Waals surface area contributed by atoms with Gasteiger partial charge in [0.2, 0.25) is 0 Å². The van der Waals surface area contributed by atoms with Crippen LogP contribution >= 0.6 is 0 Å². The first-order valence-corrected chi connectivity index (χ1v) is 9.00. The first kappa shape index (κ1) is 18.4. The quantitative estimate of drug-likeness (QED) is 0.356. The summed E-state index contributed by atoms with van der Waals surface area (Å²) in [6.07, 6.45) is 6.10. The maximum Gasteiger partial charge on any atom is 0.314 e. The highest BCUT2D eigenvalue weighted by molar-refractivity contribution is 5.68. The SMILES string of the molecule is CCCCOc1cc([N+](=O)[O-])c(OCCCC)cc1N1CCCC1. The summed E-state index contributed by atoms with van der Waals surface area (Å²) in [5.74, 6) is 0.943. The molecule has 0 bridgehead atoms. The molecule has 6 nitrogen and oxygen atoms in total. The molecule has 1 aromatic carbocycles. The van der Waals surface area contributed by atoms with Gasteiger partial charge in [0.25, 0.3) is 0 Å². The maximum absolute atomic E-state index is 11.4. The van der Waals surface area contributed by atoms with Crippen molar-refractivity contribution in [3.05, 3.63) is 22.2 Å². The Bertz CT molecular complexity index is 542. The summed E-state index contributed by atoms with van der Waals surface area (Å²) in [7, 11) is 0. The fourth-order valence-corrected chi connectivity index (χ4v) is 2.77. The lowest BCUT2D eigenvalue weighted by Crippen LogP contribution is -2.19. The zero-order valence-electron chi connectivity index (χ0n) is 14.8. The van der Waals surface area contributed by atoms with Crippen LogP contribution in [-0.2, 0) is 0 Å². The molecule has 2 rings (SSSR count). The topological polar surface area (TPSA) is 64.8 Å². The first-order chi connectivity index (χ1) is 11.7. The molecule has 0 aliphatic carbocycles. The molecule has 1 aliphatic rings. The van der Waals surface area contributed by atoms with Crippen molar-refractivity contribution in [3.8, 4) is 11.5 Å². The molecule has 0 amide bonds. The van der Waals surface area contributed by atoms with Crippen LogP contribution in [0, 0.1) is 10.1 Å². The van der Waals surface area contributed by atoms with Crippen molar-refractivity contribution in [1.29, 1.82) is 0 Å². The first-order valence-electron chi connectivity index (χ1n) is 9.00. The van der Waals surface area contributed by atoms with Crippen molar-refractivity contribution in [2.45, 2.75) is 52.4 Å². The van der Waals surface area contributed by atoms with Crippen LogP contribution < -0.4 is 14.4 Å². The van der Waals surface area contributed by atoms with Gasteiger partial charge in [0.05, 0.1) is 29.9 Å². The highest BCUT2D eigenvalue weighted by Crippen LogP contribution is 2.41. The number of nitro benzene ring substituents is 1. The van der Waals surface area contributed by atoms with Crippen molar-refractivity contribution in [1.82, 2.24) is 0 Å². The van der Waals surface area contributed by atoms with Gasteiger partial charge in [-0.05, 0) is 25.7 Å². The Labute approximate surface area is 143 Å². The van der Waals surface area contributed by atoms with Crippen molar-refractivity contribution in [2.75, 3.05) is 31.2 Å². The van der Waals surface area contributed by atoms with Crippen LogP contribution in [0.5, 0.6) is 11.5 Å². The second-order valence-corrected chi connectivity index (χ2v) is 6.14. The van der Waals surface area contributed by atoms with E-state index in [0.717, 1.165) is 57.3 Å². The fourth-order valence-electron chi connectivity index (χ4n) is 2.77. The van der Waals surface area contributed by atoms with E-state index in [-0.39, 0.29) is 10.6 Å². The van der Waals surface area contributed by atoms with Gasteiger partial charge in [0, 0.05) is 19.2 Å². The highest BCUT2D eigenvalue weighted by atomic mass is 16.6. The van der Waals surface area contributed by atoms with Crippen molar-refractivity contribution < 1.29 is 14.4 Å². The minimum atomic E-state index is -0.387. The molecule has 0 atom stereocenters. The second kappa shape index (κ2) is 9.35. The molecule has 0 aromatic heterocycles. The summed E-state index contributed by atoms with van der Waals surface area (Å²) in [6, 6.07) is 3.32. The lowest BCUT2D eigenvalue weighted by molar-refractivity contribution is -0.385. The van der Waals surface area contributed by atoms with E-state index in [1.54, 1.807) is 6.07 Å². The minimum absolute atomic E-state index is 0.0134. The van der Waals surface area contributed by atoms with Crippen LogP contribution in [0.25, 0.3) is 0 Å². The Morgan fingerprint density at radius 3 is 2.17 bits per heavy atom. The molecule has 1 aromatic rings. The molecule has 134 valence electrons. The van der Waals surface area contributed by atoms with Crippen LogP contribution in [0.2, 0.25) is 0 Å². The average molecular weight is 336 g/mol. The Morgan fingerprint density at radius 1 is 1.04 bits per heavy atom. The lowest BCUT2D eigenvalue weighted by atomic mass is 10.2. The lowest BCUT2D eigenvalue weighted by Gasteiger charge is -2.22. The highest BCUT2D eigenvalue weighted by Gasteiger charge is 2.24. The molecule has 1 saturated heterocycles. The molecular weight excluding hydrogens is 308 g/mol. The van der Waals surface area contributed by atoms with Crippen LogP contribution in [0.15, 0.2) is 12.1 Å². The number of hydrogen-bond donors (Lipinski definition) is 0. The summed E-state index contributed by atoms with van der Waals surface area (Å²) >= 11 is 0. The number of hydrogen-bond acceptors (Lipinski definition) is 5. The van der Waals surface area contributed by atoms with E-state index >= 15 is 0 Å². The molecule has 0 radical (unpaired) electrons. The summed E-state index contributed by atoms with van der Waals surface area (Å²) in [6.45, 7) is 7.14. The number of nitrogens with zero attached hydrogens (tertiary/aromatic N) is 2. The van der Waals surface area contributed by atoms with Gasteiger partial charge in [-0.15, -0.1) is 0 Å². The zero-order chi connectivity index (χ0) is 17.4. The van der Waals surface area contributed by atoms with E-state index < -0.39 is 0 Å². The Morgan fingerprint density at radius 2 is 1.62 bits per heavy atom. The molecule has 0 spiro atoms. The third-order valence-electron chi connectivity index (χ3n) is 4.19. The van der Waals surface area contributed by atoms with Crippen LogP contribution in [-0.4, -0.2) is 31.2 Å². The van der Waals surface area contributed by atoms with E-state index in [9.17, 15) is 10.1 Å². The molecule has 1 aliphatic heterocycles. The maximum atomic E-state index is 11.4. The van der Waals surface area contributed by atoms with Gasteiger partial charge in [-0.3, -0.25) is 10.1 Å². The molecule has 6 heteroatoms. The monoisotopic (exact) mass is 336 g/mol.